The van der Waals surface area contributed by atoms with Gasteiger partial charge < -0.3 is 32.1 Å². The van der Waals surface area contributed by atoms with E-state index in [-0.39, 0.29) is 53.3 Å². The molecular formula is C19H28N10O4S. The minimum absolute atomic E-state index is 0.0336. The number of hydrogen-bond acceptors (Lipinski definition) is 9. The number of carbonyl (C=O) groups excluding carboxylic acids is 2. The van der Waals surface area contributed by atoms with Crippen LogP contribution >= 0.6 is 11.8 Å². The van der Waals surface area contributed by atoms with Gasteiger partial charge in [0.15, 0.2) is 5.96 Å². The monoisotopic (exact) mass is 492 g/mol. The number of aliphatic imine (C=N–C) groups is 1. The van der Waals surface area contributed by atoms with Crippen LogP contribution in [0.3, 0.4) is 0 Å². The van der Waals surface area contributed by atoms with Crippen LogP contribution in [0.2, 0.25) is 0 Å². The largest absolute Gasteiger partial charge is 0.477 e. The highest BCUT2D eigenvalue weighted by Gasteiger charge is 2.60. The molecular weight excluding hydrogens is 464 g/mol. The van der Waals surface area contributed by atoms with Gasteiger partial charge in [-0.15, -0.1) is 16.9 Å². The van der Waals surface area contributed by atoms with Gasteiger partial charge in [0.2, 0.25) is 11.8 Å². The number of guanidine groups is 1. The number of aromatic nitrogens is 4. The minimum atomic E-state index is -1.12. The van der Waals surface area contributed by atoms with Crippen LogP contribution in [-0.4, -0.2) is 90.4 Å². The third kappa shape index (κ3) is 4.57. The van der Waals surface area contributed by atoms with Crippen LogP contribution in [0.5, 0.6) is 0 Å². The highest BCUT2D eigenvalue weighted by Crippen LogP contribution is 2.51. The molecule has 4 heterocycles. The summed E-state index contributed by atoms with van der Waals surface area (Å²) in [6, 6.07) is -0.695. The molecule has 1 unspecified atom stereocenters. The number of nitrogens with zero attached hydrogens (tertiary/aromatic N) is 6. The number of aliphatic carboxylic acids is 1. The summed E-state index contributed by atoms with van der Waals surface area (Å²) < 4.78 is 1.28. The predicted molar refractivity (Wildman–Crippen MR) is 122 cm³/mol. The Bertz CT molecular complexity index is 1020. The van der Waals surface area contributed by atoms with Crippen molar-refractivity contribution in [1.82, 2.24) is 35.7 Å². The van der Waals surface area contributed by atoms with Crippen molar-refractivity contribution < 1.29 is 19.5 Å². The molecule has 0 saturated carbocycles. The molecule has 1 aromatic heterocycles. The van der Waals surface area contributed by atoms with Crippen LogP contribution < -0.4 is 22.1 Å². The van der Waals surface area contributed by atoms with E-state index in [1.165, 1.54) is 27.7 Å². The summed E-state index contributed by atoms with van der Waals surface area (Å²) >= 11 is 1.50. The molecule has 15 heteroatoms. The summed E-state index contributed by atoms with van der Waals surface area (Å²) in [5.74, 6) is -2.41. The first-order chi connectivity index (χ1) is 16.2. The highest BCUT2D eigenvalue weighted by atomic mass is 32.2. The molecule has 0 radical (unpaired) electrons. The molecule has 3 aliphatic heterocycles. The second-order valence-corrected chi connectivity index (χ2v) is 10.1. The van der Waals surface area contributed by atoms with E-state index in [2.05, 4.69) is 31.2 Å². The van der Waals surface area contributed by atoms with Gasteiger partial charge in [-0.05, 0) is 23.8 Å². The quantitative estimate of drug-likeness (QED) is 0.140. The number of thioether (sulfide) groups is 1. The van der Waals surface area contributed by atoms with E-state index in [1.54, 1.807) is 6.92 Å². The maximum atomic E-state index is 13.0. The average Bonchev–Trinajstić information content (AvgIpc) is 3.47. The van der Waals surface area contributed by atoms with Crippen molar-refractivity contribution in [2.24, 2.45) is 28.3 Å². The smallest absolute Gasteiger partial charge is 0.353 e. The number of amides is 2. The fraction of sp³-hybridized carbons (Fsp3) is 0.632. The van der Waals surface area contributed by atoms with Gasteiger partial charge in [-0.2, -0.15) is 0 Å². The van der Waals surface area contributed by atoms with Crippen LogP contribution in [-0.2, 0) is 20.9 Å². The number of hydrogen-bond donors (Lipinski definition) is 5. The van der Waals surface area contributed by atoms with Gasteiger partial charge >= 0.3 is 5.97 Å². The Morgan fingerprint density at radius 3 is 2.85 bits per heavy atom. The molecule has 184 valence electrons. The van der Waals surface area contributed by atoms with E-state index in [9.17, 15) is 19.5 Å². The zero-order valence-corrected chi connectivity index (χ0v) is 19.6. The van der Waals surface area contributed by atoms with E-state index < -0.39 is 17.9 Å². The van der Waals surface area contributed by atoms with Crippen molar-refractivity contribution in [2.45, 2.75) is 50.2 Å². The molecule has 2 amide bonds. The lowest BCUT2D eigenvalue weighted by Crippen LogP contribution is -2.66. The molecule has 4 rings (SSSR count). The van der Waals surface area contributed by atoms with Gasteiger partial charge in [0.05, 0.1) is 18.5 Å². The molecule has 0 bridgehead atoms. The second-order valence-electron chi connectivity index (χ2n) is 8.74. The van der Waals surface area contributed by atoms with Crippen molar-refractivity contribution in [1.29, 1.82) is 0 Å². The molecule has 3 aliphatic rings. The van der Waals surface area contributed by atoms with Gasteiger partial charge in [0.1, 0.15) is 18.6 Å². The van der Waals surface area contributed by atoms with Crippen LogP contribution in [0, 0.1) is 11.8 Å². The minimum Gasteiger partial charge on any atom is -0.477 e. The third-order valence-electron chi connectivity index (χ3n) is 6.39. The summed E-state index contributed by atoms with van der Waals surface area (Å²) in [5.41, 5.74) is 10.9. The predicted octanol–water partition coefficient (Wildman–Crippen LogP) is -2.31. The lowest BCUT2D eigenvalue weighted by molar-refractivity contribution is -0.158. The molecule has 1 aromatic rings. The standard InChI is InChI=1S/C19H28N10O4S/c1-8-14-13(9(2)25-12(30)6-28-7-24-26-27-28)17(31)29(14)15(18(32)33)16(8)34-11-3-10(22-5-11)4-23-19(20)21/h7-11,13-14,22H,3-6H2,1-2H3,(H,25,30)(H,32,33)(H4,20,21,23)/t8-,9?,10+,11+,13-,14-/m1/s1. The number of rotatable bonds is 9. The summed E-state index contributed by atoms with van der Waals surface area (Å²) in [6.45, 7) is 4.76. The maximum Gasteiger partial charge on any atom is 0.353 e. The number of nitrogens with one attached hydrogen (secondary N) is 2. The van der Waals surface area contributed by atoms with Gasteiger partial charge in [-0.1, -0.05) is 6.92 Å². The molecule has 7 N–H and O–H groups in total. The number of carboxylic acids is 1. The Kier molecular flexibility index (Phi) is 6.74. The summed E-state index contributed by atoms with van der Waals surface area (Å²) in [5, 5.41) is 26.9. The number of carbonyl (C=O) groups is 3. The van der Waals surface area contributed by atoms with Gasteiger partial charge in [0.25, 0.3) is 0 Å². The number of nitrogens with two attached hydrogens (primary N) is 2. The Morgan fingerprint density at radius 2 is 2.21 bits per heavy atom. The summed E-state index contributed by atoms with van der Waals surface area (Å²) in [7, 11) is 0. The normalized spacial score (nSPS) is 28.9. The highest BCUT2D eigenvalue weighted by molar-refractivity contribution is 8.03. The van der Waals surface area contributed by atoms with Crippen molar-refractivity contribution in [3.63, 3.8) is 0 Å². The van der Waals surface area contributed by atoms with Gasteiger partial charge in [-0.3, -0.25) is 14.6 Å². The molecule has 0 spiro atoms. The zero-order valence-electron chi connectivity index (χ0n) is 18.8. The Labute approximate surface area is 199 Å². The van der Waals surface area contributed by atoms with Crippen LogP contribution in [0.1, 0.15) is 20.3 Å². The molecule has 34 heavy (non-hydrogen) atoms. The first kappa shape index (κ1) is 23.9. The molecule has 14 nitrogen and oxygen atoms in total. The van der Waals surface area contributed by atoms with E-state index >= 15 is 0 Å². The van der Waals surface area contributed by atoms with E-state index in [0.29, 0.717) is 18.0 Å². The third-order valence-corrected chi connectivity index (χ3v) is 7.90. The topological polar surface area (TPSA) is 207 Å². The fourth-order valence-corrected chi connectivity index (χ4v) is 6.41. The fourth-order valence-electron chi connectivity index (χ4n) is 4.89. The Balaban J connectivity index is 1.42. The number of carboxylic acid groups (broad SMARTS) is 1. The van der Waals surface area contributed by atoms with E-state index in [0.717, 1.165) is 6.42 Å². The molecule has 0 aliphatic carbocycles. The van der Waals surface area contributed by atoms with Gasteiger partial charge in [0, 0.05) is 34.7 Å². The number of fused-ring (bicyclic) bond motifs is 1. The number of β-lactam (4-membered cyclic amide) rings is 1. The molecule has 0 aromatic carbocycles. The van der Waals surface area contributed by atoms with Crippen molar-refractivity contribution in [2.75, 3.05) is 13.1 Å². The maximum absolute atomic E-state index is 13.0. The van der Waals surface area contributed by atoms with Crippen LogP contribution in [0.25, 0.3) is 0 Å². The van der Waals surface area contributed by atoms with Crippen LogP contribution in [0.15, 0.2) is 21.9 Å². The van der Waals surface area contributed by atoms with Gasteiger partial charge in [-0.25, -0.2) is 9.48 Å². The first-order valence-electron chi connectivity index (χ1n) is 10.9. The van der Waals surface area contributed by atoms with E-state index in [1.807, 2.05) is 6.92 Å². The van der Waals surface area contributed by atoms with Crippen molar-refractivity contribution in [3.8, 4) is 0 Å². The zero-order chi connectivity index (χ0) is 24.6. The van der Waals surface area contributed by atoms with Crippen molar-refractivity contribution >= 4 is 35.5 Å². The first-order valence-corrected chi connectivity index (χ1v) is 11.8. The van der Waals surface area contributed by atoms with Crippen LogP contribution in [0.4, 0.5) is 0 Å². The van der Waals surface area contributed by atoms with Crippen molar-refractivity contribution in [3.05, 3.63) is 16.9 Å². The Morgan fingerprint density at radius 1 is 1.44 bits per heavy atom. The summed E-state index contributed by atoms with van der Waals surface area (Å²) in [4.78, 5) is 43.6. The SMILES string of the molecule is CC(NC(=O)Cn1cnnn1)[C@H]1C(=O)N2C(C(=O)O)=C(S[C@@H]3CN[C@H](CN=C(N)N)C3)[C@H](C)[C@H]12. The molecule has 6 atom stereocenters. The Hall–Kier alpha value is -3.20. The molecule has 2 fully saturated rings. The molecule has 2 saturated heterocycles. The summed E-state index contributed by atoms with van der Waals surface area (Å²) in [6.07, 6.45) is 2.10. The average molecular weight is 493 g/mol. The number of tetrazole rings is 1. The second kappa shape index (κ2) is 9.58. The van der Waals surface area contributed by atoms with E-state index in [4.69, 9.17) is 11.5 Å². The lowest BCUT2D eigenvalue weighted by atomic mass is 9.78. The lowest BCUT2D eigenvalue weighted by Gasteiger charge is -2.47.